The Morgan fingerprint density at radius 1 is 0.522 bits per heavy atom. The van der Waals surface area contributed by atoms with Crippen molar-refractivity contribution in [1.82, 2.24) is 0 Å². The third-order valence-corrected chi connectivity index (χ3v) is 16.7. The highest BCUT2D eigenvalue weighted by molar-refractivity contribution is 6.99. The summed E-state index contributed by atoms with van der Waals surface area (Å²) in [5.41, 5.74) is 23.1. The first-order valence-electron chi connectivity index (χ1n) is 25.5. The van der Waals surface area contributed by atoms with Crippen LogP contribution in [0.1, 0.15) is 188 Å². The van der Waals surface area contributed by atoms with Crippen LogP contribution in [0.15, 0.2) is 95.4 Å². The second kappa shape index (κ2) is 14.5. The zero-order valence-corrected chi connectivity index (χ0v) is 44.4. The summed E-state index contributed by atoms with van der Waals surface area (Å²) in [4.78, 5) is 5.42. The van der Waals surface area contributed by atoms with E-state index >= 15 is 0 Å². The minimum Gasteiger partial charge on any atom is -0.472 e. The molecule has 3 nitrogen and oxygen atoms in total. The summed E-state index contributed by atoms with van der Waals surface area (Å²) in [6.45, 7) is 43.3. The highest BCUT2D eigenvalue weighted by Gasteiger charge is 2.54. The normalized spacial score (nSPS) is 18.7. The molecule has 0 N–H and O–H groups in total. The first kappa shape index (κ1) is 45.8. The van der Waals surface area contributed by atoms with E-state index in [4.69, 9.17) is 4.42 Å². The smallest absolute Gasteiger partial charge is 0.297 e. The van der Waals surface area contributed by atoms with E-state index in [1.165, 1.54) is 95.1 Å². The number of benzene rings is 5. The molecule has 348 valence electrons. The highest BCUT2D eigenvalue weighted by Crippen LogP contribution is 2.58. The van der Waals surface area contributed by atoms with Crippen LogP contribution in [0.3, 0.4) is 0 Å². The van der Waals surface area contributed by atoms with Crippen LogP contribution in [-0.2, 0) is 37.9 Å². The van der Waals surface area contributed by atoms with Crippen LogP contribution in [0.4, 0.5) is 34.1 Å². The molecule has 0 fully saturated rings. The van der Waals surface area contributed by atoms with E-state index in [1.807, 2.05) is 0 Å². The lowest BCUT2D eigenvalue weighted by Gasteiger charge is -2.49. The topological polar surface area (TPSA) is 19.6 Å². The molecule has 2 aliphatic heterocycles. The van der Waals surface area contributed by atoms with E-state index in [0.29, 0.717) is 0 Å². The van der Waals surface area contributed by atoms with Gasteiger partial charge in [0.1, 0.15) is 5.76 Å². The Kier molecular flexibility index (Phi) is 9.94. The maximum atomic E-state index is 7.88. The SMILES string of the molecule is Cc1cc2c3c(c1)N(c1cc(C(C)(C)C)cc(C(C)(C)C)c1-c1ccccc1)c1c(oc4c1C(C)(C)CCC4(C)C)B3c1ccc3c(c1N2c1ccc(C(C)(C)C)cc1)C(C)(C)CCC3(C)C. The van der Waals surface area contributed by atoms with E-state index in [2.05, 4.69) is 225 Å². The number of hydrogen-bond acceptors (Lipinski definition) is 3. The van der Waals surface area contributed by atoms with Crippen molar-refractivity contribution in [2.75, 3.05) is 9.80 Å². The van der Waals surface area contributed by atoms with Gasteiger partial charge >= 0.3 is 0 Å². The molecule has 0 saturated carbocycles. The van der Waals surface area contributed by atoms with Crippen molar-refractivity contribution in [1.29, 1.82) is 0 Å². The van der Waals surface area contributed by atoms with Gasteiger partial charge in [-0.15, -0.1) is 0 Å². The van der Waals surface area contributed by atoms with Gasteiger partial charge < -0.3 is 14.2 Å². The summed E-state index contributed by atoms with van der Waals surface area (Å²) in [5, 5.41) is 0. The fourth-order valence-electron chi connectivity index (χ4n) is 12.5. The van der Waals surface area contributed by atoms with Crippen LogP contribution in [0.25, 0.3) is 11.1 Å². The van der Waals surface area contributed by atoms with Gasteiger partial charge in [-0.05, 0) is 145 Å². The second-order valence-electron chi connectivity index (χ2n) is 26.9. The van der Waals surface area contributed by atoms with Gasteiger partial charge in [0.05, 0.1) is 17.0 Å². The van der Waals surface area contributed by atoms with Crippen molar-refractivity contribution in [3.8, 4) is 11.1 Å². The molecule has 0 saturated heterocycles. The van der Waals surface area contributed by atoms with Gasteiger partial charge in [-0.3, -0.25) is 0 Å². The summed E-state index contributed by atoms with van der Waals surface area (Å²) < 4.78 is 7.88. The van der Waals surface area contributed by atoms with Crippen molar-refractivity contribution < 1.29 is 4.42 Å². The average Bonchev–Trinajstić information content (AvgIpc) is 3.66. The molecule has 10 rings (SSSR count). The van der Waals surface area contributed by atoms with Crippen LogP contribution in [0.2, 0.25) is 0 Å². The molecular weight excluding hydrogens is 812 g/mol. The van der Waals surface area contributed by atoms with Crippen LogP contribution >= 0.6 is 0 Å². The van der Waals surface area contributed by atoms with E-state index < -0.39 is 0 Å². The molecule has 0 radical (unpaired) electrons. The van der Waals surface area contributed by atoms with Gasteiger partial charge in [0.15, 0.2) is 0 Å². The third kappa shape index (κ3) is 7.03. The monoisotopic (exact) mass is 889 g/mol. The molecule has 1 aromatic heterocycles. The highest BCUT2D eigenvalue weighted by atomic mass is 16.3. The predicted molar refractivity (Wildman–Crippen MR) is 290 cm³/mol. The van der Waals surface area contributed by atoms with Crippen LogP contribution in [0.5, 0.6) is 0 Å². The maximum absolute atomic E-state index is 7.88. The number of hydrogen-bond donors (Lipinski definition) is 0. The molecule has 0 bridgehead atoms. The third-order valence-electron chi connectivity index (χ3n) is 16.7. The summed E-state index contributed by atoms with van der Waals surface area (Å²) in [5.74, 6) is 1.16. The van der Waals surface area contributed by atoms with Crippen LogP contribution in [-0.4, -0.2) is 6.71 Å². The van der Waals surface area contributed by atoms with Gasteiger partial charge in [-0.25, -0.2) is 0 Å². The quantitative estimate of drug-likeness (QED) is 0.165. The van der Waals surface area contributed by atoms with E-state index in [-0.39, 0.29) is 44.6 Å². The lowest BCUT2D eigenvalue weighted by Crippen LogP contribution is -2.62. The number of rotatable bonds is 3. The van der Waals surface area contributed by atoms with E-state index in [0.717, 1.165) is 37.1 Å². The summed E-state index contributed by atoms with van der Waals surface area (Å²) in [6.07, 6.45) is 4.47. The lowest BCUT2D eigenvalue weighted by atomic mass is 9.34. The Balaban J connectivity index is 1.41. The Hall–Kier alpha value is -4.96. The number of fused-ring (bicyclic) bond motifs is 8. The Morgan fingerprint density at radius 2 is 1.09 bits per heavy atom. The Labute approximate surface area is 404 Å². The Morgan fingerprint density at radius 3 is 1.69 bits per heavy atom. The van der Waals surface area contributed by atoms with E-state index in [9.17, 15) is 0 Å². The summed E-state index contributed by atoms with van der Waals surface area (Å²) in [7, 11) is 0. The van der Waals surface area contributed by atoms with Crippen molar-refractivity contribution in [3.63, 3.8) is 0 Å². The van der Waals surface area contributed by atoms with Crippen LogP contribution < -0.4 is 26.4 Å². The molecule has 4 heteroatoms. The zero-order valence-electron chi connectivity index (χ0n) is 44.4. The largest absolute Gasteiger partial charge is 0.472 e. The molecule has 0 amide bonds. The van der Waals surface area contributed by atoms with Crippen molar-refractivity contribution >= 4 is 57.4 Å². The summed E-state index contributed by atoms with van der Waals surface area (Å²) in [6, 6.07) is 35.9. The molecule has 3 heterocycles. The average molecular weight is 889 g/mol. The number of anilines is 6. The van der Waals surface area contributed by atoms with Gasteiger partial charge in [-0.2, -0.15) is 0 Å². The van der Waals surface area contributed by atoms with Gasteiger partial charge in [0.2, 0.25) is 0 Å². The van der Waals surface area contributed by atoms with Crippen molar-refractivity contribution in [2.45, 2.75) is 188 Å². The molecule has 67 heavy (non-hydrogen) atoms. The first-order chi connectivity index (χ1) is 31.0. The molecular formula is C63H77BN2O. The maximum Gasteiger partial charge on any atom is 0.297 e. The molecule has 5 aromatic carbocycles. The second-order valence-corrected chi connectivity index (χ2v) is 26.9. The number of nitrogens with zero attached hydrogens (tertiary/aromatic N) is 2. The van der Waals surface area contributed by atoms with Gasteiger partial charge in [-0.1, -0.05) is 178 Å². The van der Waals surface area contributed by atoms with Gasteiger partial charge in [0, 0.05) is 39.3 Å². The molecule has 4 aliphatic rings. The van der Waals surface area contributed by atoms with Crippen LogP contribution in [0, 0.1) is 6.92 Å². The predicted octanol–water partition coefficient (Wildman–Crippen LogP) is 15.9. The lowest BCUT2D eigenvalue weighted by molar-refractivity contribution is 0.282. The fraction of sp³-hybridized carbons (Fsp3) is 0.460. The van der Waals surface area contributed by atoms with E-state index in [1.54, 1.807) is 0 Å². The molecule has 0 spiro atoms. The standard InChI is InChI=1S/C63H77BN2O/c1-38-34-47-52-48(35-38)66(46-37-41(58(5,6)7)36-44(59(8,9)10)49(46)39-22-20-19-21-23-39)54-51-55(63(17,18)33-32-62(51,15)16)67-56(54)64(52)45-29-28-43-50(61(13,14)31-30-60(43,11)12)53(45)65(47)42-26-24-40(25-27-42)57(2,3)4/h19-29,34-37H,30-33H2,1-18H3. The molecule has 2 aliphatic carbocycles. The Bertz CT molecular complexity index is 2970. The minimum atomic E-state index is -0.139. The minimum absolute atomic E-state index is 0.0396. The van der Waals surface area contributed by atoms with Crippen molar-refractivity contribution in [2.24, 2.45) is 0 Å². The van der Waals surface area contributed by atoms with Crippen molar-refractivity contribution in [3.05, 3.63) is 136 Å². The number of aryl methyl sites for hydroxylation is 1. The fourth-order valence-corrected chi connectivity index (χ4v) is 12.5. The van der Waals surface area contributed by atoms with Gasteiger partial charge in [0.25, 0.3) is 6.71 Å². The zero-order chi connectivity index (χ0) is 48.3. The summed E-state index contributed by atoms with van der Waals surface area (Å²) >= 11 is 0. The molecule has 0 unspecified atom stereocenters. The molecule has 6 aromatic rings. The number of furan rings is 1. The first-order valence-corrected chi connectivity index (χ1v) is 25.5. The molecule has 0 atom stereocenters.